The minimum atomic E-state index is -1.07. The van der Waals surface area contributed by atoms with Gasteiger partial charge in [0, 0.05) is 12.6 Å². The molecular formula is C20H17N3O5. The van der Waals surface area contributed by atoms with Crippen molar-refractivity contribution in [3.05, 3.63) is 87.3 Å². The van der Waals surface area contributed by atoms with E-state index in [2.05, 4.69) is 10.4 Å². The molecule has 0 spiro atoms. The highest BCUT2D eigenvalue weighted by Crippen LogP contribution is 2.14. The molecule has 0 unspecified atom stereocenters. The lowest BCUT2D eigenvalue weighted by atomic mass is 10.1. The van der Waals surface area contributed by atoms with Gasteiger partial charge < -0.3 is 15.5 Å². The van der Waals surface area contributed by atoms with Crippen LogP contribution in [-0.2, 0) is 6.54 Å². The van der Waals surface area contributed by atoms with Crippen molar-refractivity contribution in [2.24, 2.45) is 0 Å². The smallest absolute Gasteiger partial charge is 0.335 e. The van der Waals surface area contributed by atoms with Crippen LogP contribution in [0.5, 0.6) is 5.75 Å². The molecule has 0 bridgehead atoms. The molecule has 8 heteroatoms. The van der Waals surface area contributed by atoms with Crippen LogP contribution in [0.25, 0.3) is 5.69 Å². The molecule has 142 valence electrons. The summed E-state index contributed by atoms with van der Waals surface area (Å²) in [5, 5.41) is 25.6. The fraction of sp³-hybridized carbons (Fsp3) is 0.100. The summed E-state index contributed by atoms with van der Waals surface area (Å²) in [7, 11) is 0. The number of aromatic hydroxyl groups is 1. The lowest BCUT2D eigenvalue weighted by molar-refractivity contribution is 0.0696. The van der Waals surface area contributed by atoms with Crippen molar-refractivity contribution in [1.82, 2.24) is 15.1 Å². The molecule has 0 aliphatic rings. The van der Waals surface area contributed by atoms with E-state index in [0.29, 0.717) is 11.3 Å². The van der Waals surface area contributed by atoms with Crippen molar-refractivity contribution in [1.29, 1.82) is 0 Å². The Kier molecular flexibility index (Phi) is 5.21. The Bertz CT molecular complexity index is 1120. The molecule has 0 saturated carbocycles. The van der Waals surface area contributed by atoms with Crippen LogP contribution in [0.1, 0.15) is 32.0 Å². The molecule has 1 aromatic heterocycles. The number of carbonyl (C=O) groups excluding carboxylic acids is 1. The van der Waals surface area contributed by atoms with Gasteiger partial charge in [-0.2, -0.15) is 9.78 Å². The van der Waals surface area contributed by atoms with Gasteiger partial charge in [0.25, 0.3) is 11.5 Å². The molecule has 0 atom stereocenters. The van der Waals surface area contributed by atoms with E-state index in [4.69, 9.17) is 5.11 Å². The molecular weight excluding hydrogens is 362 g/mol. The Morgan fingerprint density at radius 2 is 1.86 bits per heavy atom. The van der Waals surface area contributed by atoms with E-state index in [1.807, 2.05) is 13.0 Å². The zero-order valence-corrected chi connectivity index (χ0v) is 14.9. The Hall–Kier alpha value is -3.94. The quantitative estimate of drug-likeness (QED) is 0.622. The number of nitrogens with zero attached hydrogens (tertiary/aromatic N) is 2. The van der Waals surface area contributed by atoms with Gasteiger partial charge in [-0.25, -0.2) is 4.79 Å². The molecule has 0 fully saturated rings. The van der Waals surface area contributed by atoms with Crippen LogP contribution >= 0.6 is 0 Å². The minimum Gasteiger partial charge on any atom is -0.505 e. The van der Waals surface area contributed by atoms with Crippen molar-refractivity contribution in [3.63, 3.8) is 0 Å². The lowest BCUT2D eigenvalue weighted by Crippen LogP contribution is -2.29. The molecule has 2 aromatic carbocycles. The van der Waals surface area contributed by atoms with Gasteiger partial charge >= 0.3 is 5.97 Å². The van der Waals surface area contributed by atoms with Crippen LogP contribution in [-0.4, -0.2) is 31.9 Å². The van der Waals surface area contributed by atoms with Crippen LogP contribution in [0.3, 0.4) is 0 Å². The molecule has 0 aliphatic carbocycles. The molecule has 0 saturated heterocycles. The maximum Gasteiger partial charge on any atom is 0.335 e. The summed E-state index contributed by atoms with van der Waals surface area (Å²) in [6.45, 7) is 1.89. The highest BCUT2D eigenvalue weighted by atomic mass is 16.4. The van der Waals surface area contributed by atoms with Gasteiger partial charge in [-0.3, -0.25) is 9.59 Å². The van der Waals surface area contributed by atoms with Crippen LogP contribution in [0.2, 0.25) is 0 Å². The third kappa shape index (κ3) is 4.07. The third-order valence-electron chi connectivity index (χ3n) is 4.00. The molecule has 1 amide bonds. The summed E-state index contributed by atoms with van der Waals surface area (Å²) in [4.78, 5) is 35.6. The van der Waals surface area contributed by atoms with Gasteiger partial charge in [-0.05, 0) is 42.3 Å². The maximum absolute atomic E-state index is 12.5. The summed E-state index contributed by atoms with van der Waals surface area (Å²) in [6, 6.07) is 14.0. The predicted octanol–water partition coefficient (Wildman–Crippen LogP) is 1.87. The molecule has 28 heavy (non-hydrogen) atoms. The first-order chi connectivity index (χ1) is 13.3. The lowest BCUT2D eigenvalue weighted by Gasteiger charge is -2.10. The molecule has 0 radical (unpaired) electrons. The van der Waals surface area contributed by atoms with Crippen molar-refractivity contribution >= 4 is 11.9 Å². The van der Waals surface area contributed by atoms with Crippen LogP contribution in [0.4, 0.5) is 0 Å². The first-order valence-corrected chi connectivity index (χ1v) is 8.36. The molecule has 1 heterocycles. The normalized spacial score (nSPS) is 10.5. The fourth-order valence-electron chi connectivity index (χ4n) is 2.63. The number of amides is 1. The van der Waals surface area contributed by atoms with E-state index in [1.54, 1.807) is 30.3 Å². The maximum atomic E-state index is 12.5. The average Bonchev–Trinajstić information content (AvgIpc) is 2.66. The van der Waals surface area contributed by atoms with Crippen molar-refractivity contribution < 1.29 is 19.8 Å². The van der Waals surface area contributed by atoms with E-state index in [1.165, 1.54) is 12.1 Å². The second kappa shape index (κ2) is 7.75. The predicted molar refractivity (Wildman–Crippen MR) is 101 cm³/mol. The first-order valence-electron chi connectivity index (χ1n) is 8.36. The zero-order valence-electron chi connectivity index (χ0n) is 14.9. The Morgan fingerprint density at radius 3 is 2.57 bits per heavy atom. The summed E-state index contributed by atoms with van der Waals surface area (Å²) in [6.07, 6.45) is 0. The first kappa shape index (κ1) is 18.8. The molecule has 8 nitrogen and oxygen atoms in total. The monoisotopic (exact) mass is 379 g/mol. The number of benzene rings is 2. The molecule has 0 aliphatic heterocycles. The van der Waals surface area contributed by atoms with E-state index >= 15 is 0 Å². The molecule has 3 N–H and O–H groups in total. The highest BCUT2D eigenvalue weighted by Gasteiger charge is 2.17. The number of rotatable bonds is 5. The van der Waals surface area contributed by atoms with E-state index in [9.17, 15) is 19.5 Å². The number of carboxylic acids is 1. The SMILES string of the molecule is Cc1cccc(-n2nc(C(=O)NCc3cccc(C(=O)O)c3)c(O)cc2=O)c1. The third-order valence-corrected chi connectivity index (χ3v) is 4.00. The number of nitrogens with one attached hydrogen (secondary N) is 1. The minimum absolute atomic E-state index is 0.0324. The Labute approximate surface area is 159 Å². The van der Waals surface area contributed by atoms with Gasteiger partial charge in [0.15, 0.2) is 11.4 Å². The largest absolute Gasteiger partial charge is 0.505 e. The van der Waals surface area contributed by atoms with E-state index in [-0.39, 0.29) is 17.8 Å². The number of aromatic carboxylic acids is 1. The van der Waals surface area contributed by atoms with E-state index < -0.39 is 23.2 Å². The summed E-state index contributed by atoms with van der Waals surface area (Å²) in [5.41, 5.74) is 1.15. The number of carboxylic acid groups (broad SMARTS) is 1. The fourth-order valence-corrected chi connectivity index (χ4v) is 2.63. The Balaban J connectivity index is 1.86. The van der Waals surface area contributed by atoms with Gasteiger partial charge in [0.1, 0.15) is 0 Å². The van der Waals surface area contributed by atoms with Crippen LogP contribution in [0.15, 0.2) is 59.4 Å². The number of aromatic nitrogens is 2. The van der Waals surface area contributed by atoms with Gasteiger partial charge in [0.05, 0.1) is 11.3 Å². The van der Waals surface area contributed by atoms with Crippen molar-refractivity contribution in [2.45, 2.75) is 13.5 Å². The van der Waals surface area contributed by atoms with Crippen molar-refractivity contribution in [2.75, 3.05) is 0 Å². The van der Waals surface area contributed by atoms with Crippen molar-refractivity contribution in [3.8, 4) is 11.4 Å². The number of hydrogen-bond acceptors (Lipinski definition) is 5. The number of aryl methyl sites for hydroxylation is 1. The van der Waals surface area contributed by atoms with Gasteiger partial charge in [-0.1, -0.05) is 24.3 Å². The van der Waals surface area contributed by atoms with Crippen LogP contribution in [0, 0.1) is 6.92 Å². The molecule has 3 aromatic rings. The van der Waals surface area contributed by atoms with Gasteiger partial charge in [0.2, 0.25) is 0 Å². The van der Waals surface area contributed by atoms with Gasteiger partial charge in [-0.15, -0.1) is 0 Å². The molecule has 3 rings (SSSR count). The zero-order chi connectivity index (χ0) is 20.3. The van der Waals surface area contributed by atoms with E-state index in [0.717, 1.165) is 16.3 Å². The second-order valence-corrected chi connectivity index (χ2v) is 6.16. The number of hydrogen-bond donors (Lipinski definition) is 3. The summed E-state index contributed by atoms with van der Waals surface area (Å²) >= 11 is 0. The van der Waals surface area contributed by atoms with Crippen LogP contribution < -0.4 is 10.9 Å². The second-order valence-electron chi connectivity index (χ2n) is 6.16. The summed E-state index contributed by atoms with van der Waals surface area (Å²) < 4.78 is 1.03. The standard InChI is InChI=1S/C20H17N3O5/c1-12-4-2-7-15(8-12)23-17(25)10-16(24)18(22-23)19(26)21-11-13-5-3-6-14(9-13)20(27)28/h2-10,24H,11H2,1H3,(H,21,26)(H,27,28). The highest BCUT2D eigenvalue weighted by molar-refractivity contribution is 5.94. The number of carbonyl (C=O) groups is 2. The summed E-state index contributed by atoms with van der Waals surface area (Å²) in [5.74, 6) is -2.30. The topological polar surface area (TPSA) is 122 Å². The average molecular weight is 379 g/mol. The Morgan fingerprint density at radius 1 is 1.11 bits per heavy atom.